The summed E-state index contributed by atoms with van der Waals surface area (Å²) in [6.07, 6.45) is -0.998. The third kappa shape index (κ3) is 22.4. The highest BCUT2D eigenvalue weighted by atomic mass is 16.4. The molecule has 26 heteroatoms. The summed E-state index contributed by atoms with van der Waals surface area (Å²) in [5, 5.41) is 58.3. The fourth-order valence-electron chi connectivity index (χ4n) is 9.93. The van der Waals surface area contributed by atoms with Crippen LogP contribution in [0.5, 0.6) is 11.5 Å². The number of carboxylic acid groups (broad SMARTS) is 2. The Labute approximate surface area is 510 Å². The van der Waals surface area contributed by atoms with Crippen LogP contribution in [0.2, 0.25) is 0 Å². The normalized spacial score (nSPS) is 15.6. The van der Waals surface area contributed by atoms with E-state index < -0.39 is 126 Å². The second-order valence-corrected chi connectivity index (χ2v) is 22.5. The molecule has 88 heavy (non-hydrogen) atoms. The van der Waals surface area contributed by atoms with Crippen LogP contribution in [-0.2, 0) is 73.6 Å². The first-order valence-electron chi connectivity index (χ1n) is 29.1. The lowest BCUT2D eigenvalue weighted by Crippen LogP contribution is -2.61. The van der Waals surface area contributed by atoms with Crippen LogP contribution in [0.1, 0.15) is 88.5 Å². The predicted molar refractivity (Wildman–Crippen MR) is 324 cm³/mol. The van der Waals surface area contributed by atoms with Crippen LogP contribution >= 0.6 is 0 Å². The third-order valence-corrected chi connectivity index (χ3v) is 14.5. The van der Waals surface area contributed by atoms with Gasteiger partial charge in [-0.25, -0.2) is 4.79 Å². The van der Waals surface area contributed by atoms with E-state index in [4.69, 9.17) is 17.2 Å². The van der Waals surface area contributed by atoms with Gasteiger partial charge in [0.1, 0.15) is 59.8 Å². The molecule has 0 spiro atoms. The summed E-state index contributed by atoms with van der Waals surface area (Å²) in [4.78, 5) is 144. The van der Waals surface area contributed by atoms with Gasteiger partial charge in [-0.1, -0.05) is 113 Å². The zero-order valence-electron chi connectivity index (χ0n) is 49.7. The minimum atomic E-state index is -1.85. The quantitative estimate of drug-likeness (QED) is 0.0174. The van der Waals surface area contributed by atoms with E-state index in [-0.39, 0.29) is 87.8 Å². The molecule has 5 rings (SSSR count). The minimum Gasteiger partial charge on any atom is -0.508 e. The number of hydrogen-bond donors (Lipinski definition) is 14. The maximum Gasteiger partial charge on any atom is 0.326 e. The lowest BCUT2D eigenvalue weighted by molar-refractivity contribution is -0.144. The van der Waals surface area contributed by atoms with Crippen molar-refractivity contribution in [3.05, 3.63) is 131 Å². The number of hydrogen-bond acceptors (Lipinski definition) is 14. The number of nitrogens with two attached hydrogens (primary N) is 3. The minimum absolute atomic E-state index is 0.0398. The van der Waals surface area contributed by atoms with Crippen LogP contribution in [0.15, 0.2) is 114 Å². The Kier molecular flexibility index (Phi) is 26.7. The molecule has 4 aromatic rings. The van der Waals surface area contributed by atoms with E-state index in [2.05, 4.69) is 42.2 Å². The van der Waals surface area contributed by atoms with Crippen molar-refractivity contribution in [2.24, 2.45) is 34.0 Å². The maximum absolute atomic E-state index is 14.8. The monoisotopic (exact) mass is 1220 g/mol. The van der Waals surface area contributed by atoms with E-state index in [1.807, 2.05) is 32.0 Å². The van der Waals surface area contributed by atoms with E-state index in [0.717, 1.165) is 5.56 Å². The number of rotatable bonds is 33. The van der Waals surface area contributed by atoms with Gasteiger partial charge in [-0.2, -0.15) is 0 Å². The van der Waals surface area contributed by atoms with Gasteiger partial charge in [0.25, 0.3) is 0 Å². The number of nitrogens with one attached hydrogen (secondary N) is 7. The highest BCUT2D eigenvalue weighted by molar-refractivity contribution is 5.99. The van der Waals surface area contributed by atoms with Crippen LogP contribution in [0, 0.1) is 11.8 Å². The number of guanidine groups is 1. The fraction of sp³-hybridized carbons (Fsp3) is 0.435. The van der Waals surface area contributed by atoms with Crippen molar-refractivity contribution in [3.8, 4) is 11.5 Å². The number of phenols is 2. The fourth-order valence-corrected chi connectivity index (χ4v) is 9.93. The molecule has 8 amide bonds. The van der Waals surface area contributed by atoms with Crippen LogP contribution in [0.3, 0.4) is 0 Å². The highest BCUT2D eigenvalue weighted by Crippen LogP contribution is 2.22. The molecule has 0 saturated carbocycles. The van der Waals surface area contributed by atoms with Crippen molar-refractivity contribution in [1.29, 1.82) is 0 Å². The Bertz CT molecular complexity index is 3060. The first-order valence-corrected chi connectivity index (χ1v) is 29.1. The molecule has 474 valence electrons. The number of aromatic hydroxyl groups is 2. The Morgan fingerprint density at radius 3 is 1.43 bits per heavy atom. The second kappa shape index (κ2) is 33.9. The molecule has 0 radical (unpaired) electrons. The Morgan fingerprint density at radius 2 is 0.977 bits per heavy atom. The van der Waals surface area contributed by atoms with Crippen molar-refractivity contribution in [3.63, 3.8) is 0 Å². The number of nitrogens with zero attached hydrogens (tertiary/aromatic N) is 2. The summed E-state index contributed by atoms with van der Waals surface area (Å²) < 4.78 is 0. The zero-order valence-corrected chi connectivity index (χ0v) is 49.7. The van der Waals surface area contributed by atoms with E-state index in [9.17, 15) is 68.4 Å². The highest BCUT2D eigenvalue weighted by Gasteiger charge is 2.41. The van der Waals surface area contributed by atoms with E-state index >= 15 is 0 Å². The molecule has 1 saturated heterocycles. The average molecular weight is 1220 g/mol. The number of carbonyl (C=O) groups excluding carboxylic acids is 8. The van der Waals surface area contributed by atoms with Gasteiger partial charge in [-0.3, -0.25) is 48.1 Å². The molecule has 1 heterocycles. The molecule has 1 fully saturated rings. The summed E-state index contributed by atoms with van der Waals surface area (Å²) in [7, 11) is 0. The summed E-state index contributed by atoms with van der Waals surface area (Å²) >= 11 is 0. The van der Waals surface area contributed by atoms with Crippen molar-refractivity contribution in [1.82, 2.24) is 42.1 Å². The Morgan fingerprint density at radius 1 is 0.545 bits per heavy atom. The van der Waals surface area contributed by atoms with Gasteiger partial charge in [0, 0.05) is 32.4 Å². The van der Waals surface area contributed by atoms with Crippen LogP contribution < -0.4 is 54.4 Å². The smallest absolute Gasteiger partial charge is 0.326 e. The van der Waals surface area contributed by atoms with Gasteiger partial charge in [-0.15, -0.1) is 0 Å². The summed E-state index contributed by atoms with van der Waals surface area (Å²) in [6, 6.07) is 16.2. The summed E-state index contributed by atoms with van der Waals surface area (Å²) in [5.41, 5.74) is 19.6. The molecule has 0 bridgehead atoms. The molecule has 0 unspecified atom stereocenters. The number of phenolic OH excluding ortho intramolecular Hbond substituents is 2. The molecule has 1 aliphatic rings. The number of amides is 8. The molecule has 9 atom stereocenters. The van der Waals surface area contributed by atoms with Gasteiger partial charge in [0.05, 0.1) is 12.5 Å². The van der Waals surface area contributed by atoms with Gasteiger partial charge < -0.3 is 79.7 Å². The van der Waals surface area contributed by atoms with Crippen molar-refractivity contribution in [2.75, 3.05) is 13.1 Å². The van der Waals surface area contributed by atoms with Gasteiger partial charge in [-0.05, 0) is 96.9 Å². The lowest BCUT2D eigenvalue weighted by atomic mass is 10.00. The molecular weight excluding hydrogens is 1140 g/mol. The number of likely N-dealkylation sites (tertiary alicyclic amines) is 1. The number of aliphatic carboxylic acids is 2. The molecule has 4 aromatic carbocycles. The molecule has 17 N–H and O–H groups in total. The Balaban J connectivity index is 1.42. The largest absolute Gasteiger partial charge is 0.508 e. The molecule has 1 aliphatic heterocycles. The van der Waals surface area contributed by atoms with E-state index in [1.165, 1.54) is 53.4 Å². The number of carboxylic acids is 2. The Hall–Kier alpha value is -9.59. The molecule has 0 aromatic heterocycles. The van der Waals surface area contributed by atoms with Crippen molar-refractivity contribution >= 4 is 65.2 Å². The van der Waals surface area contributed by atoms with Crippen molar-refractivity contribution < 1.29 is 68.4 Å². The van der Waals surface area contributed by atoms with Gasteiger partial charge in [0.15, 0.2) is 5.96 Å². The number of benzene rings is 4. The van der Waals surface area contributed by atoms with Crippen LogP contribution in [0.4, 0.5) is 0 Å². The zero-order chi connectivity index (χ0) is 64.6. The average Bonchev–Trinajstić information content (AvgIpc) is 3.44. The standard InChI is InChI=1S/C62H82N12O14/c1-35(2)29-49(72-53(79)43(63)30-37-13-7-5-8-14-37)60(86)74-28-12-18-50(74)59(85)71-48(34-51(77)78)57(83)69-46(32-39-19-23-41(75)24-20-39)55(81)67-44(17-11-27-66-62(64)65)54(80)68-45(31-38-15-9-6-10-16-38)56(82)70-47(33-40-21-25-42(76)26-22-40)58(84)73-52(36(3)4)61(87)88/h5-10,13-16,19-26,35-36,43-50,52,75-76H,11-12,17-18,27-34,63H2,1-4H3,(H,67,81)(H,68,80)(H,69,83)(H,70,82)(H,71,85)(H,72,79)(H,73,84)(H,77,78)(H,87,88)(H4,64,65,66)/t43-,44-,45-,46-,47-,48-,49-,50-,52-/m0/s1. The summed E-state index contributed by atoms with van der Waals surface area (Å²) in [6.45, 7) is 6.92. The number of carbonyl (C=O) groups is 10. The van der Waals surface area contributed by atoms with E-state index in [0.29, 0.717) is 23.1 Å². The third-order valence-electron chi connectivity index (χ3n) is 14.5. The van der Waals surface area contributed by atoms with Gasteiger partial charge >= 0.3 is 11.9 Å². The molecule has 26 nitrogen and oxygen atoms in total. The second-order valence-electron chi connectivity index (χ2n) is 22.5. The molecule has 0 aliphatic carbocycles. The lowest BCUT2D eigenvalue weighted by Gasteiger charge is -2.31. The molecular formula is C62H82N12O14. The number of aliphatic imine (C=N–C) groups is 1. The van der Waals surface area contributed by atoms with Gasteiger partial charge in [0.2, 0.25) is 47.3 Å². The summed E-state index contributed by atoms with van der Waals surface area (Å²) in [5.74, 6) is -10.9. The maximum atomic E-state index is 14.8. The van der Waals surface area contributed by atoms with Crippen LogP contribution in [-0.4, -0.2) is 158 Å². The first-order chi connectivity index (χ1) is 41.8. The van der Waals surface area contributed by atoms with Crippen LogP contribution in [0.25, 0.3) is 0 Å². The van der Waals surface area contributed by atoms with E-state index in [1.54, 1.807) is 56.3 Å². The first kappa shape index (κ1) is 69.2. The topological polar surface area (TPSA) is 429 Å². The van der Waals surface area contributed by atoms with Crippen molar-refractivity contribution in [2.45, 2.75) is 146 Å². The predicted octanol–water partition coefficient (Wildman–Crippen LogP) is 0.395. The SMILES string of the molecule is CC(C)C[C@H](NC(=O)[C@@H](N)Cc1ccccc1)C(=O)N1CCC[C@H]1C(=O)N[C@@H](CC(=O)O)C(=O)N[C@@H](Cc1ccc(O)cc1)C(=O)N[C@@H](CCCN=C(N)N)C(=O)N[C@@H](Cc1ccccc1)C(=O)N[C@@H](Cc1ccc(O)cc1)C(=O)N[C@H](C(=O)O)C(C)C.